The van der Waals surface area contributed by atoms with Crippen molar-refractivity contribution in [1.82, 2.24) is 9.97 Å². The van der Waals surface area contributed by atoms with Crippen LogP contribution >= 0.6 is 11.6 Å². The van der Waals surface area contributed by atoms with Gasteiger partial charge in [-0.1, -0.05) is 18.2 Å². The molecule has 112 valence electrons. The number of nitrogens with zero attached hydrogens (tertiary/aromatic N) is 2. The van der Waals surface area contributed by atoms with E-state index in [1.807, 2.05) is 30.3 Å². The maximum Gasteiger partial charge on any atom is 0.231 e. The summed E-state index contributed by atoms with van der Waals surface area (Å²) in [6, 6.07) is 12.8. The second-order valence-electron chi connectivity index (χ2n) is 4.44. The highest BCUT2D eigenvalue weighted by Gasteiger charge is 2.14. The van der Waals surface area contributed by atoms with Crippen LogP contribution in [0.2, 0.25) is 5.28 Å². The van der Waals surface area contributed by atoms with E-state index in [0.717, 1.165) is 0 Å². The fourth-order valence-electron chi connectivity index (χ4n) is 2.08. The molecule has 0 atom stereocenters. The van der Waals surface area contributed by atoms with Gasteiger partial charge in [0.05, 0.1) is 25.1 Å². The molecule has 5 nitrogen and oxygen atoms in total. The molecule has 0 bridgehead atoms. The Bertz CT molecular complexity index is 809. The molecule has 0 amide bonds. The van der Waals surface area contributed by atoms with Crippen LogP contribution in [-0.4, -0.2) is 24.2 Å². The summed E-state index contributed by atoms with van der Waals surface area (Å²) in [5.74, 6) is 2.16. The van der Waals surface area contributed by atoms with Gasteiger partial charge in [-0.15, -0.1) is 0 Å². The van der Waals surface area contributed by atoms with Gasteiger partial charge in [-0.05, 0) is 29.8 Å². The van der Waals surface area contributed by atoms with Crippen molar-refractivity contribution in [2.75, 3.05) is 14.2 Å². The molecule has 0 unspecified atom stereocenters. The third-order valence-electron chi connectivity index (χ3n) is 3.10. The average Bonchev–Trinajstić information content (AvgIpc) is 2.54. The molecule has 1 aromatic heterocycles. The molecule has 0 radical (unpaired) electrons. The van der Waals surface area contributed by atoms with Gasteiger partial charge < -0.3 is 14.2 Å². The molecule has 0 fully saturated rings. The molecule has 6 heteroatoms. The van der Waals surface area contributed by atoms with Crippen molar-refractivity contribution in [1.29, 1.82) is 0 Å². The summed E-state index contributed by atoms with van der Waals surface area (Å²) >= 11 is 5.98. The van der Waals surface area contributed by atoms with E-state index in [1.165, 1.54) is 0 Å². The number of hydrogen-bond acceptors (Lipinski definition) is 5. The zero-order valence-corrected chi connectivity index (χ0v) is 12.8. The van der Waals surface area contributed by atoms with Gasteiger partial charge in [-0.25, -0.2) is 4.98 Å². The van der Waals surface area contributed by atoms with Gasteiger partial charge in [-0.3, -0.25) is 0 Å². The molecule has 0 saturated carbocycles. The number of rotatable bonds is 4. The number of benzene rings is 2. The smallest absolute Gasteiger partial charge is 0.231 e. The highest BCUT2D eigenvalue weighted by atomic mass is 35.5. The summed E-state index contributed by atoms with van der Waals surface area (Å²) in [6.07, 6.45) is 0. The second-order valence-corrected chi connectivity index (χ2v) is 4.78. The van der Waals surface area contributed by atoms with E-state index in [-0.39, 0.29) is 5.28 Å². The van der Waals surface area contributed by atoms with E-state index >= 15 is 0 Å². The Balaban J connectivity index is 2.16. The molecule has 1 heterocycles. The minimum absolute atomic E-state index is 0.102. The molecule has 0 aliphatic heterocycles. The molecule has 3 aromatic rings. The summed E-state index contributed by atoms with van der Waals surface area (Å²) < 4.78 is 16.4. The van der Waals surface area contributed by atoms with Gasteiger partial charge in [0.15, 0.2) is 11.5 Å². The van der Waals surface area contributed by atoms with E-state index in [9.17, 15) is 0 Å². The van der Waals surface area contributed by atoms with Gasteiger partial charge in [0.2, 0.25) is 11.2 Å². The largest absolute Gasteiger partial charge is 0.493 e. The summed E-state index contributed by atoms with van der Waals surface area (Å²) in [4.78, 5) is 8.36. The minimum Gasteiger partial charge on any atom is -0.493 e. The Morgan fingerprint density at radius 1 is 0.909 bits per heavy atom. The highest BCUT2D eigenvalue weighted by Crippen LogP contribution is 2.36. The molecule has 0 N–H and O–H groups in total. The second kappa shape index (κ2) is 6.07. The third-order valence-corrected chi connectivity index (χ3v) is 3.27. The Labute approximate surface area is 132 Å². The van der Waals surface area contributed by atoms with Gasteiger partial charge in [-0.2, -0.15) is 4.98 Å². The van der Waals surface area contributed by atoms with Crippen LogP contribution in [0.4, 0.5) is 0 Å². The first-order chi connectivity index (χ1) is 10.7. The number of para-hydroxylation sites is 1. The Morgan fingerprint density at radius 2 is 1.59 bits per heavy atom. The lowest BCUT2D eigenvalue weighted by Gasteiger charge is -2.12. The number of aromatic nitrogens is 2. The van der Waals surface area contributed by atoms with Crippen molar-refractivity contribution in [2.45, 2.75) is 0 Å². The molecule has 0 saturated heterocycles. The van der Waals surface area contributed by atoms with Crippen molar-refractivity contribution < 1.29 is 14.2 Å². The molecule has 22 heavy (non-hydrogen) atoms. The number of methoxy groups -OCH3 is 2. The lowest BCUT2D eigenvalue weighted by Crippen LogP contribution is -1.96. The number of halogens is 1. The van der Waals surface area contributed by atoms with Crippen molar-refractivity contribution in [2.24, 2.45) is 0 Å². The zero-order valence-electron chi connectivity index (χ0n) is 12.0. The van der Waals surface area contributed by atoms with E-state index in [0.29, 0.717) is 34.0 Å². The SMILES string of the molecule is COc1cc2nc(Cl)nc(Oc3ccccc3)c2cc1OC. The summed E-state index contributed by atoms with van der Waals surface area (Å²) in [7, 11) is 3.13. The standard InChI is InChI=1S/C16H13ClN2O3/c1-20-13-8-11-12(9-14(13)21-2)18-16(17)19-15(11)22-10-6-4-3-5-7-10/h3-9H,1-2H3. The number of fused-ring (bicyclic) bond motifs is 1. The predicted molar refractivity (Wildman–Crippen MR) is 84.2 cm³/mol. The van der Waals surface area contributed by atoms with Crippen LogP contribution in [0.15, 0.2) is 42.5 Å². The van der Waals surface area contributed by atoms with Crippen LogP contribution in [0.25, 0.3) is 10.9 Å². The van der Waals surface area contributed by atoms with Gasteiger partial charge in [0, 0.05) is 6.07 Å². The van der Waals surface area contributed by atoms with E-state index in [1.54, 1.807) is 26.4 Å². The number of ether oxygens (including phenoxy) is 3. The van der Waals surface area contributed by atoms with E-state index in [4.69, 9.17) is 25.8 Å². The fraction of sp³-hybridized carbons (Fsp3) is 0.125. The van der Waals surface area contributed by atoms with Crippen LogP contribution < -0.4 is 14.2 Å². The average molecular weight is 317 g/mol. The number of hydrogen-bond donors (Lipinski definition) is 0. The first kappa shape index (κ1) is 14.4. The Hall–Kier alpha value is -2.53. The first-order valence-electron chi connectivity index (χ1n) is 6.53. The molecule has 0 spiro atoms. The summed E-state index contributed by atoms with van der Waals surface area (Å²) in [5, 5.41) is 0.788. The fourth-order valence-corrected chi connectivity index (χ4v) is 2.25. The molecule has 0 aliphatic rings. The highest BCUT2D eigenvalue weighted by molar-refractivity contribution is 6.28. The predicted octanol–water partition coefficient (Wildman–Crippen LogP) is 4.09. The molecule has 0 aliphatic carbocycles. The third kappa shape index (κ3) is 2.76. The lowest BCUT2D eigenvalue weighted by atomic mass is 10.2. The monoisotopic (exact) mass is 316 g/mol. The van der Waals surface area contributed by atoms with Crippen molar-refractivity contribution in [3.05, 3.63) is 47.7 Å². The molecule has 3 rings (SSSR count). The van der Waals surface area contributed by atoms with Crippen molar-refractivity contribution in [3.8, 4) is 23.1 Å². The van der Waals surface area contributed by atoms with Gasteiger partial charge in [0.1, 0.15) is 5.75 Å². The molecular formula is C16H13ClN2O3. The van der Waals surface area contributed by atoms with Gasteiger partial charge >= 0.3 is 0 Å². The zero-order chi connectivity index (χ0) is 15.5. The Kier molecular flexibility index (Phi) is 3.98. The van der Waals surface area contributed by atoms with Crippen LogP contribution in [0, 0.1) is 0 Å². The van der Waals surface area contributed by atoms with Crippen LogP contribution in [-0.2, 0) is 0 Å². The molecule has 2 aromatic carbocycles. The summed E-state index contributed by atoms with van der Waals surface area (Å²) in [5.41, 5.74) is 0.614. The van der Waals surface area contributed by atoms with Crippen molar-refractivity contribution >= 4 is 22.5 Å². The quantitative estimate of drug-likeness (QED) is 0.678. The Morgan fingerprint density at radius 3 is 2.27 bits per heavy atom. The normalized spacial score (nSPS) is 10.5. The topological polar surface area (TPSA) is 53.5 Å². The maximum atomic E-state index is 5.98. The van der Waals surface area contributed by atoms with Crippen LogP contribution in [0.5, 0.6) is 23.1 Å². The van der Waals surface area contributed by atoms with E-state index < -0.39 is 0 Å². The van der Waals surface area contributed by atoms with Gasteiger partial charge in [0.25, 0.3) is 0 Å². The molecular weight excluding hydrogens is 304 g/mol. The van der Waals surface area contributed by atoms with Crippen LogP contribution in [0.1, 0.15) is 0 Å². The minimum atomic E-state index is 0.102. The first-order valence-corrected chi connectivity index (χ1v) is 6.91. The van der Waals surface area contributed by atoms with Crippen molar-refractivity contribution in [3.63, 3.8) is 0 Å². The van der Waals surface area contributed by atoms with Crippen LogP contribution in [0.3, 0.4) is 0 Å². The maximum absolute atomic E-state index is 5.98. The summed E-state index contributed by atoms with van der Waals surface area (Å²) in [6.45, 7) is 0. The lowest BCUT2D eigenvalue weighted by molar-refractivity contribution is 0.355. The van der Waals surface area contributed by atoms with E-state index in [2.05, 4.69) is 9.97 Å².